The monoisotopic (exact) mass is 417 g/mol. The van der Waals surface area contributed by atoms with Crippen molar-refractivity contribution in [3.05, 3.63) is 77.4 Å². The lowest BCUT2D eigenvalue weighted by Gasteiger charge is -2.24. The number of nitrogens with two attached hydrogens (primary N) is 1. The number of benzene rings is 3. The van der Waals surface area contributed by atoms with Crippen molar-refractivity contribution < 1.29 is 14.2 Å². The normalized spacial score (nSPS) is 15.3. The predicted molar refractivity (Wildman–Crippen MR) is 125 cm³/mol. The maximum Gasteiger partial charge on any atom is 0.161 e. The zero-order valence-electron chi connectivity index (χ0n) is 18.4. The first kappa shape index (κ1) is 21.3. The number of hydrogen-bond acceptors (Lipinski definition) is 4. The highest BCUT2D eigenvalue weighted by atomic mass is 16.5. The molecular weight excluding hydrogens is 386 g/mol. The largest absolute Gasteiger partial charge is 0.493 e. The van der Waals surface area contributed by atoms with E-state index in [0.29, 0.717) is 6.61 Å². The molecule has 0 amide bonds. The molecule has 0 bridgehead atoms. The van der Waals surface area contributed by atoms with Gasteiger partial charge in [0.15, 0.2) is 11.5 Å². The van der Waals surface area contributed by atoms with E-state index < -0.39 is 0 Å². The number of methoxy groups -OCH3 is 2. The molecule has 162 valence electrons. The van der Waals surface area contributed by atoms with Crippen LogP contribution in [0.5, 0.6) is 17.2 Å². The highest BCUT2D eigenvalue weighted by Gasteiger charge is 2.18. The SMILES string of the molecule is COc1ccc(-c2ccc(COc3ccc4c(c3)CCC(CCN)C4)cc2)cc1OC. The first-order valence-electron chi connectivity index (χ1n) is 11.0. The van der Waals surface area contributed by atoms with E-state index in [1.54, 1.807) is 14.2 Å². The summed E-state index contributed by atoms with van der Waals surface area (Å²) in [6.07, 6.45) is 4.61. The van der Waals surface area contributed by atoms with Gasteiger partial charge in [-0.3, -0.25) is 0 Å². The van der Waals surface area contributed by atoms with Gasteiger partial charge in [0.2, 0.25) is 0 Å². The van der Waals surface area contributed by atoms with Crippen molar-refractivity contribution >= 4 is 0 Å². The molecule has 31 heavy (non-hydrogen) atoms. The second-order valence-corrected chi connectivity index (χ2v) is 8.17. The maximum atomic E-state index is 6.09. The molecular formula is C27H31NO3. The molecule has 3 aromatic rings. The summed E-state index contributed by atoms with van der Waals surface area (Å²) in [5.74, 6) is 3.14. The van der Waals surface area contributed by atoms with E-state index in [0.717, 1.165) is 65.7 Å². The molecule has 0 saturated heterocycles. The Bertz CT molecular complexity index is 1010. The third kappa shape index (κ3) is 5.02. The summed E-state index contributed by atoms with van der Waals surface area (Å²) >= 11 is 0. The van der Waals surface area contributed by atoms with Crippen molar-refractivity contribution in [3.8, 4) is 28.4 Å². The van der Waals surface area contributed by atoms with Crippen LogP contribution in [0.3, 0.4) is 0 Å². The molecule has 1 unspecified atom stereocenters. The highest BCUT2D eigenvalue weighted by Crippen LogP contribution is 2.33. The standard InChI is InChI=1S/C27H31NO3/c1-29-26-12-10-24(17-27(26)30-2)21-6-4-20(5-7-21)18-31-25-11-9-22-15-19(13-14-28)3-8-23(22)16-25/h4-7,9-12,16-17,19H,3,8,13-15,18,28H2,1-2H3. The van der Waals surface area contributed by atoms with E-state index in [2.05, 4.69) is 42.5 Å². The van der Waals surface area contributed by atoms with Crippen molar-refractivity contribution in [2.75, 3.05) is 20.8 Å². The molecule has 0 fully saturated rings. The first-order chi connectivity index (χ1) is 15.2. The Morgan fingerprint density at radius 3 is 2.35 bits per heavy atom. The van der Waals surface area contributed by atoms with Gasteiger partial charge in [0.25, 0.3) is 0 Å². The number of ether oxygens (including phenoxy) is 3. The Balaban J connectivity index is 1.39. The molecule has 0 heterocycles. The van der Waals surface area contributed by atoms with Crippen LogP contribution in [-0.4, -0.2) is 20.8 Å². The average molecular weight is 418 g/mol. The van der Waals surface area contributed by atoms with Gasteiger partial charge in [0.1, 0.15) is 12.4 Å². The maximum absolute atomic E-state index is 6.09. The zero-order valence-corrected chi connectivity index (χ0v) is 18.4. The fourth-order valence-corrected chi connectivity index (χ4v) is 4.35. The molecule has 1 aliphatic carbocycles. The van der Waals surface area contributed by atoms with Crippen molar-refractivity contribution in [2.24, 2.45) is 11.7 Å². The molecule has 0 saturated carbocycles. The van der Waals surface area contributed by atoms with Gasteiger partial charge in [-0.15, -0.1) is 0 Å². The van der Waals surface area contributed by atoms with Crippen LogP contribution < -0.4 is 19.9 Å². The Morgan fingerprint density at radius 1 is 0.839 bits per heavy atom. The lowest BCUT2D eigenvalue weighted by molar-refractivity contribution is 0.305. The van der Waals surface area contributed by atoms with Crippen LogP contribution in [0, 0.1) is 5.92 Å². The van der Waals surface area contributed by atoms with Crippen LogP contribution >= 0.6 is 0 Å². The second kappa shape index (κ2) is 9.88. The Labute approximate surface area is 185 Å². The van der Waals surface area contributed by atoms with Crippen molar-refractivity contribution in [1.82, 2.24) is 0 Å². The van der Waals surface area contributed by atoms with Gasteiger partial charge in [0, 0.05) is 0 Å². The smallest absolute Gasteiger partial charge is 0.161 e. The van der Waals surface area contributed by atoms with E-state index in [1.807, 2.05) is 18.2 Å². The van der Waals surface area contributed by atoms with E-state index in [1.165, 1.54) is 17.5 Å². The summed E-state index contributed by atoms with van der Waals surface area (Å²) in [4.78, 5) is 0. The predicted octanol–water partition coefficient (Wildman–Crippen LogP) is 5.40. The Hall–Kier alpha value is -2.98. The van der Waals surface area contributed by atoms with E-state index in [9.17, 15) is 0 Å². The number of fused-ring (bicyclic) bond motifs is 1. The molecule has 0 aromatic heterocycles. The molecule has 4 rings (SSSR count). The van der Waals surface area contributed by atoms with Crippen molar-refractivity contribution in [3.63, 3.8) is 0 Å². The summed E-state index contributed by atoms with van der Waals surface area (Å²) in [6, 6.07) is 21.0. The van der Waals surface area contributed by atoms with Gasteiger partial charge in [-0.1, -0.05) is 36.4 Å². The minimum absolute atomic E-state index is 0.556. The molecule has 0 radical (unpaired) electrons. The minimum Gasteiger partial charge on any atom is -0.493 e. The molecule has 1 atom stereocenters. The van der Waals surface area contributed by atoms with Crippen molar-refractivity contribution in [1.29, 1.82) is 0 Å². The van der Waals surface area contributed by atoms with Gasteiger partial charge >= 0.3 is 0 Å². The van der Waals surface area contributed by atoms with Crippen LogP contribution in [0.1, 0.15) is 29.5 Å². The minimum atomic E-state index is 0.556. The lowest BCUT2D eigenvalue weighted by Crippen LogP contribution is -2.17. The third-order valence-corrected chi connectivity index (χ3v) is 6.16. The van der Waals surface area contributed by atoms with Crippen molar-refractivity contribution in [2.45, 2.75) is 32.3 Å². The molecule has 3 aromatic carbocycles. The molecule has 4 heteroatoms. The first-order valence-corrected chi connectivity index (χ1v) is 11.0. The highest BCUT2D eigenvalue weighted by molar-refractivity contribution is 5.67. The average Bonchev–Trinajstić information content (AvgIpc) is 2.82. The number of rotatable bonds is 8. The summed E-state index contributed by atoms with van der Waals surface area (Å²) in [7, 11) is 3.30. The second-order valence-electron chi connectivity index (χ2n) is 8.17. The molecule has 0 aliphatic heterocycles. The van der Waals surface area contributed by atoms with E-state index in [4.69, 9.17) is 19.9 Å². The topological polar surface area (TPSA) is 53.7 Å². The fraction of sp³-hybridized carbons (Fsp3) is 0.333. The quantitative estimate of drug-likeness (QED) is 0.533. The third-order valence-electron chi connectivity index (χ3n) is 6.16. The van der Waals surface area contributed by atoms with Gasteiger partial charge in [-0.05, 0) is 90.2 Å². The van der Waals surface area contributed by atoms with Gasteiger partial charge in [-0.2, -0.15) is 0 Å². The van der Waals surface area contributed by atoms with Crippen LogP contribution in [-0.2, 0) is 19.4 Å². The summed E-state index contributed by atoms with van der Waals surface area (Å²) in [5, 5.41) is 0. The molecule has 4 nitrogen and oxygen atoms in total. The Kier molecular flexibility index (Phi) is 6.78. The zero-order chi connectivity index (χ0) is 21.6. The fourth-order valence-electron chi connectivity index (χ4n) is 4.35. The number of aryl methyl sites for hydroxylation is 1. The van der Waals surface area contributed by atoms with Crippen LogP contribution in [0.2, 0.25) is 0 Å². The summed E-state index contributed by atoms with van der Waals surface area (Å²) in [5.41, 5.74) is 12.0. The van der Waals surface area contributed by atoms with Gasteiger partial charge in [0.05, 0.1) is 14.2 Å². The van der Waals surface area contributed by atoms with E-state index >= 15 is 0 Å². The van der Waals surface area contributed by atoms with Gasteiger partial charge < -0.3 is 19.9 Å². The lowest BCUT2D eigenvalue weighted by atomic mass is 9.82. The molecule has 0 spiro atoms. The summed E-state index contributed by atoms with van der Waals surface area (Å²) in [6.45, 7) is 1.34. The van der Waals surface area contributed by atoms with Crippen LogP contribution in [0.25, 0.3) is 11.1 Å². The van der Waals surface area contributed by atoms with E-state index in [-0.39, 0.29) is 0 Å². The summed E-state index contributed by atoms with van der Waals surface area (Å²) < 4.78 is 16.8. The molecule has 1 aliphatic rings. The van der Waals surface area contributed by atoms with Gasteiger partial charge in [-0.25, -0.2) is 0 Å². The molecule has 2 N–H and O–H groups in total. The number of hydrogen-bond donors (Lipinski definition) is 1. The Morgan fingerprint density at radius 2 is 1.61 bits per heavy atom. The van der Waals surface area contributed by atoms with Crippen LogP contribution in [0.4, 0.5) is 0 Å². The van der Waals surface area contributed by atoms with Crippen LogP contribution in [0.15, 0.2) is 60.7 Å².